The first-order valence-corrected chi connectivity index (χ1v) is 9.57. The first-order valence-electron chi connectivity index (χ1n) is 7.76. The van der Waals surface area contributed by atoms with Crippen LogP contribution >= 0.6 is 35.0 Å². The van der Waals surface area contributed by atoms with Crippen LogP contribution in [-0.2, 0) is 4.74 Å². The molecule has 0 unspecified atom stereocenters. The summed E-state index contributed by atoms with van der Waals surface area (Å²) in [5.74, 6) is 0.834. The second-order valence-corrected chi connectivity index (χ2v) is 8.16. The van der Waals surface area contributed by atoms with Gasteiger partial charge in [-0.2, -0.15) is 0 Å². The number of aliphatic hydroxyl groups is 1. The average molecular weight is 382 g/mol. The molecule has 0 aromatic heterocycles. The maximum absolute atomic E-state index is 10.1. The number of ether oxygens (including phenoxy) is 1. The molecule has 0 radical (unpaired) electrons. The maximum Gasteiger partial charge on any atom is 0.138 e. The molecule has 2 aliphatic rings. The van der Waals surface area contributed by atoms with Gasteiger partial charge in [0.05, 0.1) is 24.1 Å². The Bertz CT molecular complexity index is 665. The Balaban J connectivity index is 1.72. The fourth-order valence-corrected chi connectivity index (χ4v) is 5.27. The molecule has 126 valence electrons. The summed E-state index contributed by atoms with van der Waals surface area (Å²) >= 11 is 13.9. The fraction of sp³-hybridized carbons (Fsp3) is 0.333. The summed E-state index contributed by atoms with van der Waals surface area (Å²) in [5, 5.41) is 11.6. The third-order valence-corrected chi connectivity index (χ3v) is 6.70. The molecule has 24 heavy (non-hydrogen) atoms. The molecule has 0 bridgehead atoms. The van der Waals surface area contributed by atoms with Crippen LogP contribution in [-0.4, -0.2) is 34.5 Å². The van der Waals surface area contributed by atoms with Crippen LogP contribution in [0.3, 0.4) is 0 Å². The maximum atomic E-state index is 10.1. The van der Waals surface area contributed by atoms with Crippen LogP contribution in [0.4, 0.5) is 0 Å². The van der Waals surface area contributed by atoms with E-state index in [0.717, 1.165) is 16.3 Å². The Morgan fingerprint density at radius 3 is 2.21 bits per heavy atom. The van der Waals surface area contributed by atoms with Gasteiger partial charge in [0.2, 0.25) is 0 Å². The summed E-state index contributed by atoms with van der Waals surface area (Å²) in [6.07, 6.45) is -0.190. The SMILES string of the molecule is OC[C@@]12CO[C@@H](c3ccc(Cl)cc3)N1[C@@H](c1ccc(Cl)cc1)SC2. The quantitative estimate of drug-likeness (QED) is 0.847. The van der Waals surface area contributed by atoms with E-state index < -0.39 is 0 Å². The van der Waals surface area contributed by atoms with Gasteiger partial charge in [-0.1, -0.05) is 47.5 Å². The van der Waals surface area contributed by atoms with E-state index in [1.807, 2.05) is 60.3 Å². The van der Waals surface area contributed by atoms with Gasteiger partial charge in [0.1, 0.15) is 6.23 Å². The third-order valence-electron chi connectivity index (χ3n) is 4.68. The number of fused-ring (bicyclic) bond motifs is 1. The second-order valence-electron chi connectivity index (χ2n) is 6.22. The van der Waals surface area contributed by atoms with Crippen LogP contribution in [0.5, 0.6) is 0 Å². The molecule has 3 nitrogen and oxygen atoms in total. The van der Waals surface area contributed by atoms with Crippen LogP contribution in [0.2, 0.25) is 10.0 Å². The molecule has 4 rings (SSSR count). The van der Waals surface area contributed by atoms with Gasteiger partial charge in [0.15, 0.2) is 0 Å². The molecule has 2 aliphatic heterocycles. The van der Waals surface area contributed by atoms with Gasteiger partial charge in [-0.15, -0.1) is 11.8 Å². The average Bonchev–Trinajstić information content (AvgIpc) is 3.14. The normalized spacial score (nSPS) is 29.8. The Kier molecular flexibility index (Phi) is 4.54. The lowest BCUT2D eigenvalue weighted by molar-refractivity contribution is 0.0106. The van der Waals surface area contributed by atoms with Crippen molar-refractivity contribution in [3.63, 3.8) is 0 Å². The van der Waals surface area contributed by atoms with Crippen LogP contribution < -0.4 is 0 Å². The number of hydrogen-bond donors (Lipinski definition) is 1. The van der Waals surface area contributed by atoms with Crippen LogP contribution in [0, 0.1) is 0 Å². The van der Waals surface area contributed by atoms with E-state index in [-0.39, 0.29) is 23.7 Å². The minimum absolute atomic E-state index is 0.0776. The Hall–Kier alpha value is -0.750. The zero-order valence-electron chi connectivity index (χ0n) is 12.9. The number of benzene rings is 2. The number of halogens is 2. The van der Waals surface area contributed by atoms with Gasteiger partial charge in [-0.25, -0.2) is 4.90 Å². The van der Waals surface area contributed by atoms with E-state index >= 15 is 0 Å². The lowest BCUT2D eigenvalue weighted by atomic mass is 10.0. The molecule has 6 heteroatoms. The van der Waals surface area contributed by atoms with Crippen molar-refractivity contribution < 1.29 is 9.84 Å². The van der Waals surface area contributed by atoms with Gasteiger partial charge >= 0.3 is 0 Å². The molecular weight excluding hydrogens is 365 g/mol. The highest BCUT2D eigenvalue weighted by Crippen LogP contribution is 2.54. The Morgan fingerprint density at radius 2 is 1.62 bits per heavy atom. The minimum atomic E-state index is -0.348. The van der Waals surface area contributed by atoms with E-state index in [1.165, 1.54) is 5.56 Å². The van der Waals surface area contributed by atoms with Crippen molar-refractivity contribution >= 4 is 35.0 Å². The van der Waals surface area contributed by atoms with E-state index in [0.29, 0.717) is 11.6 Å². The van der Waals surface area contributed by atoms with Gasteiger partial charge in [-0.05, 0) is 35.4 Å². The predicted octanol–water partition coefficient (Wildman–Crippen LogP) is 4.50. The number of hydrogen-bond acceptors (Lipinski definition) is 4. The summed E-state index contributed by atoms with van der Waals surface area (Å²) < 4.78 is 6.10. The van der Waals surface area contributed by atoms with E-state index in [4.69, 9.17) is 27.9 Å². The Morgan fingerprint density at radius 1 is 1.04 bits per heavy atom. The molecule has 2 heterocycles. The molecule has 0 amide bonds. The molecule has 3 atom stereocenters. The highest BCUT2D eigenvalue weighted by atomic mass is 35.5. The lowest BCUT2D eigenvalue weighted by Gasteiger charge is -2.34. The van der Waals surface area contributed by atoms with Crippen molar-refractivity contribution in [3.05, 3.63) is 69.7 Å². The number of aliphatic hydroxyl groups excluding tert-OH is 1. The molecule has 0 aliphatic carbocycles. The molecule has 2 aromatic carbocycles. The fourth-order valence-electron chi connectivity index (χ4n) is 3.38. The molecular formula is C18H17Cl2NO2S. The highest BCUT2D eigenvalue weighted by Gasteiger charge is 2.55. The van der Waals surface area contributed by atoms with Crippen LogP contribution in [0.15, 0.2) is 48.5 Å². The summed E-state index contributed by atoms with van der Waals surface area (Å²) in [5.41, 5.74) is 1.87. The summed E-state index contributed by atoms with van der Waals surface area (Å²) in [6, 6.07) is 15.6. The van der Waals surface area contributed by atoms with Crippen molar-refractivity contribution in [2.75, 3.05) is 19.0 Å². The van der Waals surface area contributed by atoms with Gasteiger partial charge in [0, 0.05) is 15.8 Å². The van der Waals surface area contributed by atoms with Gasteiger partial charge in [0.25, 0.3) is 0 Å². The van der Waals surface area contributed by atoms with Crippen LogP contribution in [0.25, 0.3) is 0 Å². The highest BCUT2D eigenvalue weighted by molar-refractivity contribution is 7.99. The number of rotatable bonds is 3. The molecule has 2 fully saturated rings. The van der Waals surface area contributed by atoms with E-state index in [2.05, 4.69) is 4.90 Å². The van der Waals surface area contributed by atoms with Crippen molar-refractivity contribution in [3.8, 4) is 0 Å². The summed E-state index contributed by atoms with van der Waals surface area (Å²) in [6.45, 7) is 0.599. The molecule has 2 aromatic rings. The minimum Gasteiger partial charge on any atom is -0.394 e. The van der Waals surface area contributed by atoms with Crippen molar-refractivity contribution in [2.45, 2.75) is 17.1 Å². The van der Waals surface area contributed by atoms with Crippen molar-refractivity contribution in [2.24, 2.45) is 0 Å². The van der Waals surface area contributed by atoms with Crippen LogP contribution in [0.1, 0.15) is 22.7 Å². The van der Waals surface area contributed by atoms with E-state index in [1.54, 1.807) is 0 Å². The zero-order chi connectivity index (χ0) is 16.7. The number of nitrogens with zero attached hydrogens (tertiary/aromatic N) is 1. The molecule has 1 N–H and O–H groups in total. The van der Waals surface area contributed by atoms with Crippen molar-refractivity contribution in [1.29, 1.82) is 0 Å². The predicted molar refractivity (Wildman–Crippen MR) is 98.5 cm³/mol. The lowest BCUT2D eigenvalue weighted by Crippen LogP contribution is -2.47. The zero-order valence-corrected chi connectivity index (χ0v) is 15.2. The largest absolute Gasteiger partial charge is 0.394 e. The topological polar surface area (TPSA) is 32.7 Å². The monoisotopic (exact) mass is 381 g/mol. The first-order chi connectivity index (χ1) is 11.6. The van der Waals surface area contributed by atoms with Crippen molar-refractivity contribution in [1.82, 2.24) is 4.90 Å². The molecule has 0 spiro atoms. The van der Waals surface area contributed by atoms with Gasteiger partial charge < -0.3 is 9.84 Å². The standard InChI is InChI=1S/C18H17Cl2NO2S/c19-14-5-1-12(2-6-14)16-21-17(13-3-7-15(20)8-4-13)24-11-18(21,9-22)10-23-16/h1-8,16-17,22H,9-11H2/t16-,17+,18-/m0/s1. The summed E-state index contributed by atoms with van der Waals surface area (Å²) in [4.78, 5) is 2.30. The molecule has 2 saturated heterocycles. The van der Waals surface area contributed by atoms with E-state index in [9.17, 15) is 5.11 Å². The van der Waals surface area contributed by atoms with Gasteiger partial charge in [-0.3, -0.25) is 0 Å². The Labute approximate surface area is 155 Å². The third kappa shape index (κ3) is 2.75. The smallest absolute Gasteiger partial charge is 0.138 e. The molecule has 0 saturated carbocycles. The first kappa shape index (κ1) is 16.7. The second kappa shape index (κ2) is 6.52. The number of thioether (sulfide) groups is 1. The summed E-state index contributed by atoms with van der Waals surface area (Å²) in [7, 11) is 0.